The van der Waals surface area contributed by atoms with Crippen molar-refractivity contribution >= 4 is 27.3 Å². The van der Waals surface area contributed by atoms with Gasteiger partial charge in [0.1, 0.15) is 0 Å². The van der Waals surface area contributed by atoms with Gasteiger partial charge in [-0.05, 0) is 69.1 Å². The molecule has 0 atom stereocenters. The number of aryl methyl sites for hydroxylation is 1. The number of hydrogen-bond acceptors (Lipinski definition) is 5. The number of sulfonamides is 1. The Hall–Kier alpha value is -2.42. The molecule has 8 heteroatoms. The number of carbonyl (C=O) groups excluding carboxylic acids is 1. The summed E-state index contributed by atoms with van der Waals surface area (Å²) in [7, 11) is -3.51. The van der Waals surface area contributed by atoms with Gasteiger partial charge in [0.2, 0.25) is 15.9 Å². The minimum absolute atomic E-state index is 0.0752. The average Bonchev–Trinajstić information content (AvgIpc) is 3.21. The maximum Gasteiger partial charge on any atom is 0.243 e. The van der Waals surface area contributed by atoms with E-state index in [-0.39, 0.29) is 12.5 Å². The van der Waals surface area contributed by atoms with Crippen molar-refractivity contribution in [3.8, 4) is 0 Å². The second-order valence-corrected chi connectivity index (χ2v) is 10.6. The molecule has 2 aromatic rings. The molecule has 2 heterocycles. The zero-order chi connectivity index (χ0) is 22.6. The van der Waals surface area contributed by atoms with Gasteiger partial charge in [0.15, 0.2) is 0 Å². The highest BCUT2D eigenvalue weighted by Crippen LogP contribution is 2.22. The summed E-state index contributed by atoms with van der Waals surface area (Å²) >= 11 is 0. The average molecular weight is 457 g/mol. The van der Waals surface area contributed by atoms with Gasteiger partial charge in [-0.15, -0.1) is 0 Å². The molecule has 0 bridgehead atoms. The molecule has 0 radical (unpaired) electrons. The van der Waals surface area contributed by atoms with Crippen LogP contribution in [0.15, 0.2) is 53.4 Å². The first-order chi connectivity index (χ1) is 15.4. The van der Waals surface area contributed by atoms with Crippen LogP contribution in [0, 0.1) is 6.92 Å². The Morgan fingerprint density at radius 2 is 1.53 bits per heavy atom. The molecule has 1 amide bonds. The minimum Gasteiger partial charge on any atom is -0.372 e. The van der Waals surface area contributed by atoms with E-state index in [1.54, 1.807) is 12.1 Å². The minimum atomic E-state index is -3.51. The summed E-state index contributed by atoms with van der Waals surface area (Å²) in [6.45, 7) is 6.46. The molecular formula is C24H32N4O3S. The summed E-state index contributed by atoms with van der Waals surface area (Å²) in [5.74, 6) is -0.0752. The van der Waals surface area contributed by atoms with Gasteiger partial charge in [-0.2, -0.15) is 4.31 Å². The number of nitrogens with zero attached hydrogens (tertiary/aromatic N) is 3. The number of benzene rings is 2. The van der Waals surface area contributed by atoms with Gasteiger partial charge < -0.3 is 10.2 Å². The van der Waals surface area contributed by atoms with Crippen molar-refractivity contribution in [2.24, 2.45) is 0 Å². The third-order valence-electron chi connectivity index (χ3n) is 6.20. The Morgan fingerprint density at radius 3 is 2.22 bits per heavy atom. The molecule has 7 nitrogen and oxygen atoms in total. The molecule has 172 valence electrons. The molecule has 2 aliphatic rings. The third kappa shape index (κ3) is 5.49. The molecule has 2 aromatic carbocycles. The standard InChI is InChI=1S/C24H32N4O3S/c1-20-5-11-23(12-6-20)32(30,31)28-16-4-13-26(17-18-28)19-24(29)25-21-7-9-22(10-8-21)27-14-2-3-15-27/h5-12H,2-4,13-19H2,1H3,(H,25,29). The highest BCUT2D eigenvalue weighted by molar-refractivity contribution is 7.89. The van der Waals surface area contributed by atoms with Crippen molar-refractivity contribution in [3.05, 3.63) is 54.1 Å². The summed E-state index contributed by atoms with van der Waals surface area (Å²) < 4.78 is 27.5. The Bertz CT molecular complexity index is 1020. The van der Waals surface area contributed by atoms with Gasteiger partial charge in [0.05, 0.1) is 11.4 Å². The smallest absolute Gasteiger partial charge is 0.243 e. The topological polar surface area (TPSA) is 73.0 Å². The van der Waals surface area contributed by atoms with Gasteiger partial charge in [-0.3, -0.25) is 9.69 Å². The van der Waals surface area contributed by atoms with Crippen LogP contribution in [-0.4, -0.2) is 69.3 Å². The van der Waals surface area contributed by atoms with Crippen LogP contribution in [0.5, 0.6) is 0 Å². The molecule has 0 saturated carbocycles. The molecule has 0 aromatic heterocycles. The SMILES string of the molecule is Cc1ccc(S(=O)(=O)N2CCCN(CC(=O)Nc3ccc(N4CCCC4)cc3)CC2)cc1. The first-order valence-electron chi connectivity index (χ1n) is 11.4. The van der Waals surface area contributed by atoms with Gasteiger partial charge >= 0.3 is 0 Å². The highest BCUT2D eigenvalue weighted by Gasteiger charge is 2.27. The number of carbonyl (C=O) groups is 1. The van der Waals surface area contributed by atoms with Crippen LogP contribution in [0.25, 0.3) is 0 Å². The molecule has 0 unspecified atom stereocenters. The summed E-state index contributed by atoms with van der Waals surface area (Å²) in [5, 5.41) is 2.97. The lowest BCUT2D eigenvalue weighted by Gasteiger charge is -2.21. The maximum atomic E-state index is 13.0. The fraction of sp³-hybridized carbons (Fsp3) is 0.458. The molecule has 1 N–H and O–H groups in total. The van der Waals surface area contributed by atoms with Gasteiger partial charge in [-0.1, -0.05) is 17.7 Å². The molecule has 2 aliphatic heterocycles. The Labute approximate surface area is 191 Å². The zero-order valence-corrected chi connectivity index (χ0v) is 19.5. The van der Waals surface area contributed by atoms with Crippen LogP contribution < -0.4 is 10.2 Å². The summed E-state index contributed by atoms with van der Waals surface area (Å²) in [4.78, 5) is 17.3. The van der Waals surface area contributed by atoms with Crippen molar-refractivity contribution in [2.75, 3.05) is 56.0 Å². The van der Waals surface area contributed by atoms with E-state index in [1.165, 1.54) is 22.8 Å². The number of nitrogens with one attached hydrogen (secondary N) is 1. The number of amides is 1. The van der Waals surface area contributed by atoms with Crippen molar-refractivity contribution < 1.29 is 13.2 Å². The number of anilines is 2. The van der Waals surface area contributed by atoms with E-state index < -0.39 is 10.0 Å². The van der Waals surface area contributed by atoms with Crippen LogP contribution >= 0.6 is 0 Å². The van der Waals surface area contributed by atoms with Crippen LogP contribution in [0.1, 0.15) is 24.8 Å². The molecule has 2 saturated heterocycles. The lowest BCUT2D eigenvalue weighted by atomic mass is 10.2. The number of rotatable bonds is 6. The first-order valence-corrected chi connectivity index (χ1v) is 12.8. The highest BCUT2D eigenvalue weighted by atomic mass is 32.2. The molecule has 32 heavy (non-hydrogen) atoms. The van der Waals surface area contributed by atoms with E-state index in [1.807, 2.05) is 36.1 Å². The Balaban J connectivity index is 1.30. The largest absolute Gasteiger partial charge is 0.372 e. The second-order valence-electron chi connectivity index (χ2n) is 8.64. The summed E-state index contributed by atoms with van der Waals surface area (Å²) in [6.07, 6.45) is 3.17. The van der Waals surface area contributed by atoms with E-state index in [2.05, 4.69) is 22.3 Å². The van der Waals surface area contributed by atoms with Crippen LogP contribution in [-0.2, 0) is 14.8 Å². The Morgan fingerprint density at radius 1 is 0.844 bits per heavy atom. The van der Waals surface area contributed by atoms with Crippen molar-refractivity contribution in [3.63, 3.8) is 0 Å². The molecule has 0 aliphatic carbocycles. The van der Waals surface area contributed by atoms with Crippen LogP contribution in [0.2, 0.25) is 0 Å². The summed E-state index contributed by atoms with van der Waals surface area (Å²) in [5.41, 5.74) is 3.02. The quantitative estimate of drug-likeness (QED) is 0.724. The van der Waals surface area contributed by atoms with E-state index in [9.17, 15) is 13.2 Å². The van der Waals surface area contributed by atoms with E-state index >= 15 is 0 Å². The predicted molar refractivity (Wildman–Crippen MR) is 128 cm³/mol. The second kappa shape index (κ2) is 10.0. The fourth-order valence-corrected chi connectivity index (χ4v) is 5.81. The monoisotopic (exact) mass is 456 g/mol. The normalized spacial score (nSPS) is 18.5. The van der Waals surface area contributed by atoms with E-state index in [0.29, 0.717) is 37.5 Å². The zero-order valence-electron chi connectivity index (χ0n) is 18.7. The van der Waals surface area contributed by atoms with Gasteiger partial charge in [0, 0.05) is 44.1 Å². The Kier molecular flexibility index (Phi) is 7.13. The molecule has 4 rings (SSSR count). The maximum absolute atomic E-state index is 13.0. The lowest BCUT2D eigenvalue weighted by molar-refractivity contribution is -0.117. The molecule has 2 fully saturated rings. The van der Waals surface area contributed by atoms with Crippen LogP contribution in [0.3, 0.4) is 0 Å². The van der Waals surface area contributed by atoms with Crippen molar-refractivity contribution in [1.82, 2.24) is 9.21 Å². The number of hydrogen-bond donors (Lipinski definition) is 1. The molecular weight excluding hydrogens is 424 g/mol. The molecule has 0 spiro atoms. The fourth-order valence-electron chi connectivity index (χ4n) is 4.34. The van der Waals surface area contributed by atoms with E-state index in [4.69, 9.17) is 0 Å². The summed E-state index contributed by atoms with van der Waals surface area (Å²) in [6, 6.07) is 15.0. The van der Waals surface area contributed by atoms with Gasteiger partial charge in [0.25, 0.3) is 0 Å². The predicted octanol–water partition coefficient (Wildman–Crippen LogP) is 2.93. The lowest BCUT2D eigenvalue weighted by Crippen LogP contribution is -2.38. The van der Waals surface area contributed by atoms with E-state index in [0.717, 1.165) is 24.3 Å². The van der Waals surface area contributed by atoms with Crippen molar-refractivity contribution in [1.29, 1.82) is 0 Å². The van der Waals surface area contributed by atoms with Crippen molar-refractivity contribution in [2.45, 2.75) is 31.1 Å². The third-order valence-corrected chi connectivity index (χ3v) is 8.11. The van der Waals surface area contributed by atoms with Gasteiger partial charge in [-0.25, -0.2) is 8.42 Å². The first kappa shape index (κ1) is 22.8. The van der Waals surface area contributed by atoms with Crippen LogP contribution in [0.4, 0.5) is 11.4 Å².